The molecule has 0 aliphatic heterocycles. The minimum atomic E-state index is -5.33. The summed E-state index contributed by atoms with van der Waals surface area (Å²) in [7, 11) is -0.0488. The first kappa shape index (κ1) is 16.9. The summed E-state index contributed by atoms with van der Waals surface area (Å²) in [6, 6.07) is 0. The van der Waals surface area contributed by atoms with Gasteiger partial charge in [-0.2, -0.15) is 0 Å². The van der Waals surface area contributed by atoms with E-state index < -0.39 is 50.3 Å². The largest absolute Gasteiger partial charge is 0.573 e. The Bertz CT molecular complexity index is 605. The zero-order chi connectivity index (χ0) is 15.7. The average Bonchev–Trinajstić information content (AvgIpc) is 2.24. The Labute approximate surface area is 113 Å². The number of nitrogens with zero attached hydrogens (tertiary/aromatic N) is 1. The summed E-state index contributed by atoms with van der Waals surface area (Å²) in [6.07, 6.45) is -8.37. The molecular formula is C8H6ClF5N2O3S. The summed E-state index contributed by atoms with van der Waals surface area (Å²) in [5.74, 6) is -1.45. The van der Waals surface area contributed by atoms with E-state index in [9.17, 15) is 30.4 Å². The smallest absolute Gasteiger partial charge is 0.402 e. The second kappa shape index (κ2) is 5.66. The lowest BCUT2D eigenvalue weighted by atomic mass is 10.2. The van der Waals surface area contributed by atoms with Crippen molar-refractivity contribution in [3.63, 3.8) is 0 Å². The van der Waals surface area contributed by atoms with Crippen molar-refractivity contribution in [1.82, 2.24) is 4.98 Å². The summed E-state index contributed by atoms with van der Waals surface area (Å²) < 4.78 is 88.0. The standard InChI is InChI=1S/C8H6ClF5N2O3S/c9-20(17,18)6-3(7(10)11)2-16-4(1-15)5(6)19-8(12,13)14/h2,7H,1,15H2. The number of hydrogen-bond donors (Lipinski definition) is 1. The fourth-order valence-electron chi connectivity index (χ4n) is 1.30. The summed E-state index contributed by atoms with van der Waals surface area (Å²) in [6.45, 7) is -0.672. The van der Waals surface area contributed by atoms with Crippen LogP contribution >= 0.6 is 10.7 Å². The van der Waals surface area contributed by atoms with Crippen molar-refractivity contribution >= 4 is 19.7 Å². The third kappa shape index (κ3) is 3.90. The molecule has 0 aromatic carbocycles. The molecule has 0 saturated carbocycles. The monoisotopic (exact) mass is 340 g/mol. The van der Waals surface area contributed by atoms with E-state index in [1.807, 2.05) is 0 Å². The van der Waals surface area contributed by atoms with Crippen LogP contribution in [0.15, 0.2) is 11.1 Å². The van der Waals surface area contributed by atoms with Gasteiger partial charge in [-0.3, -0.25) is 4.98 Å². The molecule has 0 aliphatic carbocycles. The highest BCUT2D eigenvalue weighted by Crippen LogP contribution is 2.39. The van der Waals surface area contributed by atoms with Gasteiger partial charge >= 0.3 is 6.36 Å². The molecule has 0 radical (unpaired) electrons. The molecule has 1 heterocycles. The molecule has 0 amide bonds. The molecule has 1 rings (SSSR count). The zero-order valence-electron chi connectivity index (χ0n) is 9.29. The lowest BCUT2D eigenvalue weighted by Gasteiger charge is -2.16. The van der Waals surface area contributed by atoms with Gasteiger partial charge in [0.05, 0.1) is 11.3 Å². The summed E-state index contributed by atoms with van der Waals surface area (Å²) >= 11 is 0. The van der Waals surface area contributed by atoms with Crippen LogP contribution in [0.3, 0.4) is 0 Å². The highest BCUT2D eigenvalue weighted by Gasteiger charge is 2.38. The summed E-state index contributed by atoms with van der Waals surface area (Å²) in [4.78, 5) is 1.73. The zero-order valence-corrected chi connectivity index (χ0v) is 10.9. The summed E-state index contributed by atoms with van der Waals surface area (Å²) in [5, 5.41) is 0. The molecule has 114 valence electrons. The molecular weight excluding hydrogens is 335 g/mol. The van der Waals surface area contributed by atoms with Gasteiger partial charge in [-0.05, 0) is 0 Å². The Balaban J connectivity index is 3.70. The number of hydrogen-bond acceptors (Lipinski definition) is 5. The number of halogens is 6. The van der Waals surface area contributed by atoms with Crippen molar-refractivity contribution in [1.29, 1.82) is 0 Å². The third-order valence-corrected chi connectivity index (χ3v) is 3.35. The highest BCUT2D eigenvalue weighted by molar-refractivity contribution is 8.13. The average molecular weight is 341 g/mol. The van der Waals surface area contributed by atoms with E-state index in [-0.39, 0.29) is 0 Å². The van der Waals surface area contributed by atoms with Gasteiger partial charge in [-0.1, -0.05) is 0 Å². The van der Waals surface area contributed by atoms with E-state index >= 15 is 0 Å². The van der Waals surface area contributed by atoms with E-state index in [1.54, 1.807) is 0 Å². The maximum atomic E-state index is 12.7. The molecule has 0 atom stereocenters. The van der Waals surface area contributed by atoms with Gasteiger partial charge in [-0.15, -0.1) is 13.2 Å². The molecule has 12 heteroatoms. The van der Waals surface area contributed by atoms with E-state index in [2.05, 4.69) is 9.72 Å². The van der Waals surface area contributed by atoms with Crippen LogP contribution in [-0.4, -0.2) is 19.8 Å². The minimum absolute atomic E-state index is 0.380. The first-order chi connectivity index (χ1) is 8.97. The lowest BCUT2D eigenvalue weighted by Crippen LogP contribution is -2.21. The van der Waals surface area contributed by atoms with E-state index in [4.69, 9.17) is 16.4 Å². The molecule has 0 fully saturated rings. The van der Waals surface area contributed by atoms with Crippen LogP contribution < -0.4 is 10.5 Å². The molecule has 5 nitrogen and oxygen atoms in total. The van der Waals surface area contributed by atoms with Crippen molar-refractivity contribution in [3.05, 3.63) is 17.5 Å². The maximum absolute atomic E-state index is 12.7. The third-order valence-electron chi connectivity index (χ3n) is 1.98. The van der Waals surface area contributed by atoms with Crippen molar-refractivity contribution in [2.45, 2.75) is 24.2 Å². The van der Waals surface area contributed by atoms with Crippen LogP contribution in [0.2, 0.25) is 0 Å². The van der Waals surface area contributed by atoms with Gasteiger partial charge in [0.25, 0.3) is 15.5 Å². The number of rotatable bonds is 4. The maximum Gasteiger partial charge on any atom is 0.573 e. The van der Waals surface area contributed by atoms with Crippen molar-refractivity contribution in [2.24, 2.45) is 5.73 Å². The van der Waals surface area contributed by atoms with Crippen LogP contribution in [0.1, 0.15) is 17.7 Å². The molecule has 20 heavy (non-hydrogen) atoms. The predicted octanol–water partition coefficient (Wildman–Crippen LogP) is 2.30. The molecule has 2 N–H and O–H groups in total. The SMILES string of the molecule is NCc1ncc(C(F)F)c(S(=O)(=O)Cl)c1OC(F)(F)F. The molecule has 1 aromatic rings. The van der Waals surface area contributed by atoms with Crippen LogP contribution in [0.25, 0.3) is 0 Å². The second-order valence-corrected chi connectivity index (χ2v) is 5.81. The number of ether oxygens (including phenoxy) is 1. The Hall–Kier alpha value is -1.20. The van der Waals surface area contributed by atoms with Gasteiger partial charge in [0.1, 0.15) is 4.90 Å². The van der Waals surface area contributed by atoms with Gasteiger partial charge in [0.15, 0.2) is 5.75 Å². The minimum Gasteiger partial charge on any atom is -0.402 e. The highest BCUT2D eigenvalue weighted by atomic mass is 35.7. The number of aromatic nitrogens is 1. The van der Waals surface area contributed by atoms with Gasteiger partial charge in [-0.25, -0.2) is 17.2 Å². The first-order valence-corrected chi connectivity index (χ1v) is 6.98. The predicted molar refractivity (Wildman–Crippen MR) is 56.8 cm³/mol. The number of alkyl halides is 5. The Morgan fingerprint density at radius 3 is 2.30 bits per heavy atom. The molecule has 1 aromatic heterocycles. The fourth-order valence-corrected chi connectivity index (χ4v) is 2.58. The molecule has 0 bridgehead atoms. The second-order valence-electron chi connectivity index (χ2n) is 3.31. The number of nitrogens with two attached hydrogens (primary N) is 1. The molecule has 0 saturated heterocycles. The van der Waals surface area contributed by atoms with Crippen molar-refractivity contribution in [2.75, 3.05) is 0 Å². The van der Waals surface area contributed by atoms with E-state index in [0.717, 1.165) is 0 Å². The summed E-state index contributed by atoms with van der Waals surface area (Å²) in [5.41, 5.74) is 3.09. The van der Waals surface area contributed by atoms with E-state index in [1.165, 1.54) is 0 Å². The van der Waals surface area contributed by atoms with Crippen LogP contribution in [0.5, 0.6) is 5.75 Å². The fraction of sp³-hybridized carbons (Fsp3) is 0.375. The van der Waals surface area contributed by atoms with E-state index in [0.29, 0.717) is 6.20 Å². The van der Waals surface area contributed by atoms with Crippen LogP contribution in [0, 0.1) is 0 Å². The first-order valence-electron chi connectivity index (χ1n) is 4.67. The molecule has 0 spiro atoms. The normalized spacial score (nSPS) is 12.8. The van der Waals surface area contributed by atoms with Gasteiger partial charge in [0.2, 0.25) is 0 Å². The van der Waals surface area contributed by atoms with Crippen molar-refractivity contribution < 1.29 is 35.1 Å². The molecule has 0 unspecified atom stereocenters. The Morgan fingerprint density at radius 2 is 1.95 bits per heavy atom. The number of pyridine rings is 1. The molecule has 0 aliphatic rings. The van der Waals surface area contributed by atoms with Crippen molar-refractivity contribution in [3.8, 4) is 5.75 Å². The topological polar surface area (TPSA) is 82.3 Å². The quantitative estimate of drug-likeness (QED) is 0.672. The lowest BCUT2D eigenvalue weighted by molar-refractivity contribution is -0.276. The Kier molecular flexibility index (Phi) is 4.77. The van der Waals surface area contributed by atoms with Crippen LogP contribution in [0.4, 0.5) is 22.0 Å². The van der Waals surface area contributed by atoms with Gasteiger partial charge in [0, 0.05) is 23.4 Å². The van der Waals surface area contributed by atoms with Gasteiger partial charge < -0.3 is 10.5 Å². The Morgan fingerprint density at radius 1 is 1.40 bits per heavy atom. The van der Waals surface area contributed by atoms with Crippen LogP contribution in [-0.2, 0) is 15.6 Å².